The lowest BCUT2D eigenvalue weighted by Crippen LogP contribution is -2.41. The molecule has 4 rings (SSSR count). The van der Waals surface area contributed by atoms with E-state index in [2.05, 4.69) is 12.2 Å². The summed E-state index contributed by atoms with van der Waals surface area (Å²) < 4.78 is 12.1. The number of ketones is 1. The third kappa shape index (κ3) is 3.11. The maximum Gasteiger partial charge on any atom is 0.287 e. The van der Waals surface area contributed by atoms with Crippen LogP contribution in [0.25, 0.3) is 11.0 Å². The first-order valence-corrected chi connectivity index (χ1v) is 10.4. The molecule has 1 saturated carbocycles. The highest BCUT2D eigenvalue weighted by atomic mass is 16.5. The number of ether oxygens (including phenoxy) is 1. The Morgan fingerprint density at radius 2 is 2.04 bits per heavy atom. The molecule has 1 aliphatic carbocycles. The van der Waals surface area contributed by atoms with Crippen LogP contribution in [-0.2, 0) is 0 Å². The number of benzene rings is 1. The van der Waals surface area contributed by atoms with E-state index in [4.69, 9.17) is 9.15 Å². The van der Waals surface area contributed by atoms with E-state index in [9.17, 15) is 9.59 Å². The quantitative estimate of drug-likeness (QED) is 0.792. The lowest BCUT2D eigenvalue weighted by atomic mass is 9.86. The SMILES string of the molecule is CC[C@]1(C)CC(=O)c2c(ccc3oc(C(=O)N[C@@H]4CCCC[C@H]4C)c(C)c23)O1. The second kappa shape index (κ2) is 6.94. The second-order valence-corrected chi connectivity index (χ2v) is 8.72. The van der Waals surface area contributed by atoms with E-state index in [1.165, 1.54) is 6.42 Å². The molecule has 3 atom stereocenters. The number of hydrogen-bond donors (Lipinski definition) is 1. The number of amides is 1. The van der Waals surface area contributed by atoms with Gasteiger partial charge in [0, 0.05) is 17.0 Å². The van der Waals surface area contributed by atoms with Gasteiger partial charge >= 0.3 is 0 Å². The van der Waals surface area contributed by atoms with Crippen molar-refractivity contribution in [1.82, 2.24) is 5.32 Å². The average Bonchev–Trinajstić information content (AvgIpc) is 3.00. The molecular weight excluding hydrogens is 354 g/mol. The lowest BCUT2D eigenvalue weighted by molar-refractivity contribution is 0.0503. The summed E-state index contributed by atoms with van der Waals surface area (Å²) in [5, 5.41) is 3.86. The molecule has 2 heterocycles. The van der Waals surface area contributed by atoms with Crippen LogP contribution in [0.1, 0.15) is 85.8 Å². The molecule has 28 heavy (non-hydrogen) atoms. The molecule has 5 nitrogen and oxygen atoms in total. The van der Waals surface area contributed by atoms with Crippen molar-refractivity contribution >= 4 is 22.7 Å². The molecule has 1 fully saturated rings. The molecule has 0 unspecified atom stereocenters. The minimum Gasteiger partial charge on any atom is -0.486 e. The summed E-state index contributed by atoms with van der Waals surface area (Å²) >= 11 is 0. The van der Waals surface area contributed by atoms with Crippen molar-refractivity contribution in [2.45, 2.75) is 77.9 Å². The van der Waals surface area contributed by atoms with Gasteiger partial charge in [-0.05, 0) is 51.2 Å². The van der Waals surface area contributed by atoms with Crippen LogP contribution in [0.15, 0.2) is 16.5 Å². The molecule has 0 spiro atoms. The summed E-state index contributed by atoms with van der Waals surface area (Å²) in [5.41, 5.74) is 1.35. The van der Waals surface area contributed by atoms with Crippen molar-refractivity contribution in [3.05, 3.63) is 29.0 Å². The van der Waals surface area contributed by atoms with E-state index in [1.54, 1.807) is 12.1 Å². The standard InChI is InChI=1S/C23H29NO4/c1-5-23(4)12-16(25)20-18(28-23)11-10-17-19(20)14(3)21(27-17)22(26)24-15-9-7-6-8-13(15)2/h10-11,13,15H,5-9,12H2,1-4H3,(H,24,26)/t13-,15-,23-/m1/s1. The molecule has 2 aliphatic rings. The first-order chi connectivity index (χ1) is 13.3. The first kappa shape index (κ1) is 19.0. The zero-order chi connectivity index (χ0) is 20.1. The molecule has 1 N–H and O–H groups in total. The predicted octanol–water partition coefficient (Wildman–Crippen LogP) is 5.18. The molecule has 5 heteroatoms. The van der Waals surface area contributed by atoms with E-state index in [-0.39, 0.29) is 17.7 Å². The monoisotopic (exact) mass is 383 g/mol. The van der Waals surface area contributed by atoms with Gasteiger partial charge < -0.3 is 14.5 Å². The van der Waals surface area contributed by atoms with Gasteiger partial charge in [-0.2, -0.15) is 0 Å². The number of Topliss-reactive ketones (excluding diaryl/α,β-unsaturated/α-hetero) is 1. The van der Waals surface area contributed by atoms with E-state index in [1.807, 2.05) is 20.8 Å². The van der Waals surface area contributed by atoms with Crippen LogP contribution < -0.4 is 10.1 Å². The molecule has 1 aliphatic heterocycles. The van der Waals surface area contributed by atoms with Crippen molar-refractivity contribution < 1.29 is 18.7 Å². The fourth-order valence-electron chi connectivity index (χ4n) is 4.59. The van der Waals surface area contributed by atoms with Gasteiger partial charge in [0.2, 0.25) is 0 Å². The summed E-state index contributed by atoms with van der Waals surface area (Å²) in [6.07, 6.45) is 5.60. The van der Waals surface area contributed by atoms with Crippen LogP contribution in [0.5, 0.6) is 5.75 Å². The summed E-state index contributed by atoms with van der Waals surface area (Å²) in [5.74, 6) is 1.22. The molecule has 1 amide bonds. The maximum absolute atomic E-state index is 12.9. The van der Waals surface area contributed by atoms with Gasteiger partial charge in [-0.25, -0.2) is 0 Å². The van der Waals surface area contributed by atoms with Crippen molar-refractivity contribution in [2.24, 2.45) is 5.92 Å². The predicted molar refractivity (Wildman–Crippen MR) is 108 cm³/mol. The smallest absolute Gasteiger partial charge is 0.287 e. The summed E-state index contributed by atoms with van der Waals surface area (Å²) in [6, 6.07) is 3.77. The number of carbonyl (C=O) groups is 2. The van der Waals surface area contributed by atoms with Crippen LogP contribution in [0, 0.1) is 12.8 Å². The molecule has 1 aromatic carbocycles. The highest BCUT2D eigenvalue weighted by molar-refractivity contribution is 6.13. The first-order valence-electron chi connectivity index (χ1n) is 10.4. The number of hydrogen-bond acceptors (Lipinski definition) is 4. The zero-order valence-corrected chi connectivity index (χ0v) is 17.2. The summed E-state index contributed by atoms with van der Waals surface area (Å²) in [7, 11) is 0. The van der Waals surface area contributed by atoms with Crippen LogP contribution in [-0.4, -0.2) is 23.3 Å². The van der Waals surface area contributed by atoms with Crippen LogP contribution >= 0.6 is 0 Å². The van der Waals surface area contributed by atoms with E-state index in [0.29, 0.717) is 45.9 Å². The minimum absolute atomic E-state index is 0.0490. The Bertz CT molecular complexity index is 944. The fourth-order valence-corrected chi connectivity index (χ4v) is 4.59. The molecule has 0 saturated heterocycles. The Labute approximate surface area is 165 Å². The third-order valence-corrected chi connectivity index (χ3v) is 6.61. The van der Waals surface area contributed by atoms with Gasteiger partial charge in [0.1, 0.15) is 16.9 Å². The summed E-state index contributed by atoms with van der Waals surface area (Å²) in [4.78, 5) is 25.9. The molecule has 150 valence electrons. The normalized spacial score (nSPS) is 27.4. The van der Waals surface area contributed by atoms with Gasteiger partial charge in [0.15, 0.2) is 11.5 Å². The lowest BCUT2D eigenvalue weighted by Gasteiger charge is -2.34. The maximum atomic E-state index is 12.9. The van der Waals surface area contributed by atoms with E-state index < -0.39 is 5.60 Å². The zero-order valence-electron chi connectivity index (χ0n) is 17.2. The van der Waals surface area contributed by atoms with E-state index in [0.717, 1.165) is 25.7 Å². The number of furan rings is 1. The third-order valence-electron chi connectivity index (χ3n) is 6.61. The topological polar surface area (TPSA) is 68.5 Å². The number of nitrogens with one attached hydrogen (secondary N) is 1. The highest BCUT2D eigenvalue weighted by Gasteiger charge is 2.37. The molecule has 0 bridgehead atoms. The van der Waals surface area contributed by atoms with Gasteiger partial charge in [-0.15, -0.1) is 0 Å². The highest BCUT2D eigenvalue weighted by Crippen LogP contribution is 2.41. The van der Waals surface area contributed by atoms with Crippen molar-refractivity contribution in [3.63, 3.8) is 0 Å². The Morgan fingerprint density at radius 1 is 1.29 bits per heavy atom. The second-order valence-electron chi connectivity index (χ2n) is 8.72. The largest absolute Gasteiger partial charge is 0.486 e. The van der Waals surface area contributed by atoms with Crippen molar-refractivity contribution in [1.29, 1.82) is 0 Å². The minimum atomic E-state index is -0.479. The Hall–Kier alpha value is -2.30. The van der Waals surface area contributed by atoms with Crippen molar-refractivity contribution in [3.8, 4) is 5.75 Å². The van der Waals surface area contributed by atoms with Gasteiger partial charge in [0.05, 0.1) is 12.0 Å². The van der Waals surface area contributed by atoms with Gasteiger partial charge in [-0.3, -0.25) is 9.59 Å². The Balaban J connectivity index is 1.71. The van der Waals surface area contributed by atoms with Crippen LogP contribution in [0.3, 0.4) is 0 Å². The number of rotatable bonds is 3. The van der Waals surface area contributed by atoms with Gasteiger partial charge in [0.25, 0.3) is 5.91 Å². The Kier molecular flexibility index (Phi) is 4.72. The average molecular weight is 383 g/mol. The molecule has 1 aromatic heterocycles. The number of aryl methyl sites for hydroxylation is 1. The van der Waals surface area contributed by atoms with Crippen LogP contribution in [0.2, 0.25) is 0 Å². The summed E-state index contributed by atoms with van der Waals surface area (Å²) in [6.45, 7) is 8.03. The van der Waals surface area contributed by atoms with Crippen LogP contribution in [0.4, 0.5) is 0 Å². The Morgan fingerprint density at radius 3 is 2.75 bits per heavy atom. The molecule has 2 aromatic rings. The molecule has 0 radical (unpaired) electrons. The van der Waals surface area contributed by atoms with Crippen molar-refractivity contribution in [2.75, 3.05) is 0 Å². The number of carbonyl (C=O) groups excluding carboxylic acids is 2. The molecular formula is C23H29NO4. The van der Waals surface area contributed by atoms with E-state index >= 15 is 0 Å². The fraction of sp³-hybridized carbons (Fsp3) is 0.565. The van der Waals surface area contributed by atoms with Gasteiger partial charge in [-0.1, -0.05) is 26.7 Å². The number of fused-ring (bicyclic) bond motifs is 3.